The van der Waals surface area contributed by atoms with E-state index in [-0.39, 0.29) is 24.6 Å². The van der Waals surface area contributed by atoms with Crippen molar-refractivity contribution in [2.45, 2.75) is 39.0 Å². The molecule has 1 atom stereocenters. The zero-order valence-corrected chi connectivity index (χ0v) is 14.5. The van der Waals surface area contributed by atoms with Gasteiger partial charge in [0.1, 0.15) is 10.8 Å². The Balaban J connectivity index is 1.74. The van der Waals surface area contributed by atoms with Gasteiger partial charge in [0.05, 0.1) is 24.9 Å². The zero-order valence-electron chi connectivity index (χ0n) is 13.7. The van der Waals surface area contributed by atoms with Gasteiger partial charge in [0.25, 0.3) is 0 Å². The molecule has 1 heterocycles. The summed E-state index contributed by atoms with van der Waals surface area (Å²) in [6.45, 7) is 6.69. The molecular weight excluding hydrogens is 315 g/mol. The lowest BCUT2D eigenvalue weighted by Crippen LogP contribution is -2.42. The largest absolute Gasteiger partial charge is 0.389 e. The summed E-state index contributed by atoms with van der Waals surface area (Å²) in [5.41, 5.74) is 1.17. The number of aryl methyl sites for hydroxylation is 1. The lowest BCUT2D eigenvalue weighted by Gasteiger charge is -2.25. The molecule has 0 fully saturated rings. The quantitative estimate of drug-likeness (QED) is 0.777. The van der Waals surface area contributed by atoms with Crippen LogP contribution >= 0.6 is 11.3 Å². The third kappa shape index (κ3) is 5.35. The van der Waals surface area contributed by atoms with E-state index in [4.69, 9.17) is 4.74 Å². The number of aromatic nitrogens is 1. The van der Waals surface area contributed by atoms with Gasteiger partial charge >= 0.3 is 0 Å². The normalized spacial score (nSPS) is 13.3. The van der Waals surface area contributed by atoms with Crippen LogP contribution in [0.1, 0.15) is 30.1 Å². The van der Waals surface area contributed by atoms with Crippen molar-refractivity contribution in [3.05, 3.63) is 51.7 Å². The second kappa shape index (κ2) is 7.97. The number of ether oxygens (including phenoxy) is 1. The van der Waals surface area contributed by atoms with Gasteiger partial charge in [-0.05, 0) is 26.8 Å². The molecule has 0 amide bonds. The Bertz CT molecular complexity index is 631. The molecule has 2 rings (SSSR count). The van der Waals surface area contributed by atoms with E-state index < -0.39 is 6.10 Å². The van der Waals surface area contributed by atoms with Gasteiger partial charge in [-0.1, -0.05) is 18.2 Å². The molecule has 1 aromatic heterocycles. The Morgan fingerprint density at radius 2 is 2.13 bits per heavy atom. The minimum absolute atomic E-state index is 0.147. The molecule has 0 aliphatic heterocycles. The smallest absolute Gasteiger partial charge is 0.128 e. The maximum Gasteiger partial charge on any atom is 0.128 e. The number of aliphatic hydroxyl groups is 1. The van der Waals surface area contributed by atoms with Crippen LogP contribution in [0.5, 0.6) is 0 Å². The predicted octanol–water partition coefficient (Wildman–Crippen LogP) is 2.99. The Hall–Kier alpha value is -1.34. The minimum atomic E-state index is -0.665. The summed E-state index contributed by atoms with van der Waals surface area (Å²) in [5, 5.41) is 16.3. The summed E-state index contributed by atoms with van der Waals surface area (Å²) in [4.78, 5) is 4.47. The number of nitrogens with one attached hydrogen (secondary N) is 1. The molecule has 23 heavy (non-hydrogen) atoms. The van der Waals surface area contributed by atoms with Gasteiger partial charge in [0, 0.05) is 23.2 Å². The van der Waals surface area contributed by atoms with Gasteiger partial charge in [0.15, 0.2) is 0 Å². The predicted molar refractivity (Wildman–Crippen MR) is 89.9 cm³/mol. The molecule has 1 unspecified atom stereocenters. The average molecular weight is 338 g/mol. The van der Waals surface area contributed by atoms with E-state index in [1.54, 1.807) is 29.5 Å². The Labute approximate surface area is 140 Å². The maximum absolute atomic E-state index is 13.4. The van der Waals surface area contributed by atoms with Gasteiger partial charge in [0.2, 0.25) is 0 Å². The van der Waals surface area contributed by atoms with E-state index in [1.165, 1.54) is 6.07 Å². The van der Waals surface area contributed by atoms with Crippen LogP contribution in [-0.4, -0.2) is 29.3 Å². The number of hydrogen-bond acceptors (Lipinski definition) is 5. The Kier molecular flexibility index (Phi) is 6.24. The van der Waals surface area contributed by atoms with Crippen LogP contribution < -0.4 is 5.32 Å². The van der Waals surface area contributed by atoms with Crippen molar-refractivity contribution >= 4 is 11.3 Å². The third-order valence-electron chi connectivity index (χ3n) is 3.46. The van der Waals surface area contributed by atoms with Crippen LogP contribution in [0.15, 0.2) is 29.6 Å². The maximum atomic E-state index is 13.4. The summed E-state index contributed by atoms with van der Waals surface area (Å²) < 4.78 is 18.8. The van der Waals surface area contributed by atoms with Crippen LogP contribution in [0.25, 0.3) is 0 Å². The third-order valence-corrected chi connectivity index (χ3v) is 4.74. The number of hydrogen-bond donors (Lipinski definition) is 2. The second-order valence-electron chi connectivity index (χ2n) is 6.06. The fourth-order valence-corrected chi connectivity index (χ4v) is 2.97. The first kappa shape index (κ1) is 18.0. The van der Waals surface area contributed by atoms with E-state index >= 15 is 0 Å². The molecule has 0 radical (unpaired) electrons. The molecule has 0 saturated heterocycles. The molecule has 1 aromatic carbocycles. The number of benzene rings is 1. The molecule has 126 valence electrons. The molecule has 0 aliphatic carbocycles. The molecular formula is C17H23FN2O2S. The highest BCUT2D eigenvalue weighted by Gasteiger charge is 2.24. The monoisotopic (exact) mass is 338 g/mol. The first-order chi connectivity index (χ1) is 10.9. The zero-order chi connectivity index (χ0) is 16.9. The summed E-state index contributed by atoms with van der Waals surface area (Å²) in [6.07, 6.45) is -0.665. The van der Waals surface area contributed by atoms with E-state index in [0.29, 0.717) is 12.1 Å². The number of aliphatic hydroxyl groups excluding tert-OH is 1. The number of rotatable bonds is 8. The van der Waals surface area contributed by atoms with E-state index in [2.05, 4.69) is 10.3 Å². The first-order valence-corrected chi connectivity index (χ1v) is 8.43. The van der Waals surface area contributed by atoms with Gasteiger partial charge in [-0.2, -0.15) is 0 Å². The van der Waals surface area contributed by atoms with Crippen molar-refractivity contribution in [2.75, 3.05) is 13.2 Å². The van der Waals surface area contributed by atoms with Crippen LogP contribution in [0.4, 0.5) is 4.39 Å². The van der Waals surface area contributed by atoms with Crippen LogP contribution in [0.3, 0.4) is 0 Å². The highest BCUT2D eigenvalue weighted by Crippen LogP contribution is 2.23. The van der Waals surface area contributed by atoms with E-state index in [1.807, 2.05) is 26.2 Å². The van der Waals surface area contributed by atoms with Crippen molar-refractivity contribution in [3.8, 4) is 0 Å². The average Bonchev–Trinajstić information content (AvgIpc) is 2.95. The fraction of sp³-hybridized carbons (Fsp3) is 0.471. The first-order valence-electron chi connectivity index (χ1n) is 7.55. The molecule has 0 bridgehead atoms. The summed E-state index contributed by atoms with van der Waals surface area (Å²) in [6, 6.07) is 6.47. The number of halogens is 1. The standard InChI is InChI=1S/C17H23FN2O2S/c1-12-11-23-16(20-12)17(2,3)19-8-14(21)10-22-9-13-6-4-5-7-15(13)18/h4-7,11,14,19,21H,8-10H2,1-3H3. The highest BCUT2D eigenvalue weighted by molar-refractivity contribution is 7.09. The van der Waals surface area contributed by atoms with Crippen molar-refractivity contribution in [1.82, 2.24) is 10.3 Å². The minimum Gasteiger partial charge on any atom is -0.389 e. The molecule has 6 heteroatoms. The summed E-state index contributed by atoms with van der Waals surface area (Å²) in [7, 11) is 0. The topological polar surface area (TPSA) is 54.4 Å². The van der Waals surface area contributed by atoms with E-state index in [0.717, 1.165) is 10.7 Å². The van der Waals surface area contributed by atoms with Gasteiger partial charge in [-0.15, -0.1) is 11.3 Å². The number of thiazole rings is 1. The van der Waals surface area contributed by atoms with Crippen LogP contribution in [0.2, 0.25) is 0 Å². The van der Waals surface area contributed by atoms with E-state index in [9.17, 15) is 9.50 Å². The van der Waals surface area contributed by atoms with Crippen LogP contribution in [-0.2, 0) is 16.9 Å². The van der Waals surface area contributed by atoms with Gasteiger partial charge in [-0.3, -0.25) is 0 Å². The van der Waals surface area contributed by atoms with Crippen LogP contribution in [0, 0.1) is 12.7 Å². The summed E-state index contributed by atoms with van der Waals surface area (Å²) >= 11 is 1.60. The molecule has 2 N–H and O–H groups in total. The van der Waals surface area contributed by atoms with Crippen molar-refractivity contribution < 1.29 is 14.2 Å². The Morgan fingerprint density at radius 1 is 1.39 bits per heavy atom. The second-order valence-corrected chi connectivity index (χ2v) is 6.92. The van der Waals surface area contributed by atoms with Crippen molar-refractivity contribution in [2.24, 2.45) is 0 Å². The Morgan fingerprint density at radius 3 is 2.78 bits per heavy atom. The molecule has 2 aromatic rings. The highest BCUT2D eigenvalue weighted by atomic mass is 32.1. The van der Waals surface area contributed by atoms with Crippen molar-refractivity contribution in [3.63, 3.8) is 0 Å². The lowest BCUT2D eigenvalue weighted by molar-refractivity contribution is 0.0246. The molecule has 0 aliphatic rings. The summed E-state index contributed by atoms with van der Waals surface area (Å²) in [5.74, 6) is -0.291. The number of nitrogens with zero attached hydrogens (tertiary/aromatic N) is 1. The molecule has 4 nitrogen and oxygen atoms in total. The van der Waals surface area contributed by atoms with Gasteiger partial charge < -0.3 is 15.2 Å². The van der Waals surface area contributed by atoms with Gasteiger partial charge in [-0.25, -0.2) is 9.37 Å². The fourth-order valence-electron chi connectivity index (χ4n) is 2.07. The molecule has 0 spiro atoms. The SMILES string of the molecule is Cc1csc(C(C)(C)NCC(O)COCc2ccccc2F)n1. The molecule has 0 saturated carbocycles. The van der Waals surface area contributed by atoms with Crippen molar-refractivity contribution in [1.29, 1.82) is 0 Å². The lowest BCUT2D eigenvalue weighted by atomic mass is 10.1.